The lowest BCUT2D eigenvalue weighted by atomic mass is 10.0. The largest absolute Gasteiger partial charge is 0.464 e. The van der Waals surface area contributed by atoms with Gasteiger partial charge in [0.2, 0.25) is 0 Å². The molecule has 1 amide bonds. The molecule has 4 heteroatoms. The van der Waals surface area contributed by atoms with Crippen LogP contribution in [0.2, 0.25) is 0 Å². The predicted molar refractivity (Wildman–Crippen MR) is 58.1 cm³/mol. The van der Waals surface area contributed by atoms with Crippen molar-refractivity contribution in [2.45, 2.75) is 12.5 Å². The van der Waals surface area contributed by atoms with Crippen LogP contribution in [0.4, 0.5) is 4.79 Å². The molecule has 1 aromatic carbocycles. The molecule has 0 radical (unpaired) electrons. The van der Waals surface area contributed by atoms with Gasteiger partial charge in [-0.2, -0.15) is 0 Å². The number of carbonyl (C=O) groups excluding carboxylic acids is 1. The first-order valence-corrected chi connectivity index (χ1v) is 5.24. The number of nitrogens with one attached hydrogen (secondary N) is 1. The summed E-state index contributed by atoms with van der Waals surface area (Å²) in [5.74, 6) is 0. The topological polar surface area (TPSA) is 51.5 Å². The zero-order chi connectivity index (χ0) is 11.0. The van der Waals surface area contributed by atoms with Gasteiger partial charge >= 0.3 is 6.09 Å². The number of fused-ring (bicyclic) bond motifs is 1. The molecular weight excluding hydrogens is 206 g/mol. The molecule has 1 aliphatic rings. The molecule has 1 aromatic heterocycles. The van der Waals surface area contributed by atoms with Crippen molar-refractivity contribution in [3.05, 3.63) is 36.1 Å². The van der Waals surface area contributed by atoms with Crippen LogP contribution in [0.3, 0.4) is 0 Å². The van der Waals surface area contributed by atoms with Gasteiger partial charge in [0.25, 0.3) is 0 Å². The Morgan fingerprint density at radius 3 is 3.12 bits per heavy atom. The van der Waals surface area contributed by atoms with Crippen LogP contribution in [0.1, 0.15) is 18.1 Å². The Hall–Kier alpha value is -1.97. The molecule has 1 atom stereocenters. The standard InChI is InChI=1S/C12H11NO3/c14-12-13-5-3-10(16-12)9-2-1-8-4-6-15-11(8)7-9/h1-2,4,6-7,10H,3,5H2,(H,13,14)/t10-/m1/s1. The monoisotopic (exact) mass is 217 g/mol. The van der Waals surface area contributed by atoms with Crippen molar-refractivity contribution < 1.29 is 13.9 Å². The number of carbonyl (C=O) groups is 1. The van der Waals surface area contributed by atoms with E-state index in [0.29, 0.717) is 6.54 Å². The van der Waals surface area contributed by atoms with Gasteiger partial charge in [0.1, 0.15) is 11.7 Å². The molecule has 0 aliphatic carbocycles. The third-order valence-corrected chi connectivity index (χ3v) is 2.78. The van der Waals surface area contributed by atoms with Crippen LogP contribution in [0, 0.1) is 0 Å². The number of cyclic esters (lactones) is 1. The minimum Gasteiger partial charge on any atom is -0.464 e. The Balaban J connectivity index is 1.95. The van der Waals surface area contributed by atoms with E-state index in [-0.39, 0.29) is 12.2 Å². The number of rotatable bonds is 1. The molecule has 0 saturated carbocycles. The average molecular weight is 217 g/mol. The molecule has 2 aromatic rings. The summed E-state index contributed by atoms with van der Waals surface area (Å²) in [5, 5.41) is 3.69. The van der Waals surface area contributed by atoms with Crippen LogP contribution in [0.5, 0.6) is 0 Å². The molecule has 1 aliphatic heterocycles. The maximum atomic E-state index is 11.1. The molecular formula is C12H11NO3. The fourth-order valence-electron chi connectivity index (χ4n) is 1.94. The van der Waals surface area contributed by atoms with Crippen LogP contribution in [0.15, 0.2) is 34.9 Å². The molecule has 1 fully saturated rings. The summed E-state index contributed by atoms with van der Waals surface area (Å²) in [6, 6.07) is 7.79. The van der Waals surface area contributed by atoms with Gasteiger partial charge < -0.3 is 14.5 Å². The van der Waals surface area contributed by atoms with Gasteiger partial charge in [-0.3, -0.25) is 0 Å². The van der Waals surface area contributed by atoms with Crippen LogP contribution in [-0.2, 0) is 4.74 Å². The van der Waals surface area contributed by atoms with Crippen molar-refractivity contribution in [2.75, 3.05) is 6.54 Å². The van der Waals surface area contributed by atoms with Gasteiger partial charge in [0.05, 0.1) is 6.26 Å². The Labute approximate surface area is 92.2 Å². The van der Waals surface area contributed by atoms with Gasteiger partial charge in [-0.1, -0.05) is 12.1 Å². The van der Waals surface area contributed by atoms with E-state index in [1.54, 1.807) is 6.26 Å². The fraction of sp³-hybridized carbons (Fsp3) is 0.250. The number of amides is 1. The van der Waals surface area contributed by atoms with Crippen molar-refractivity contribution in [1.82, 2.24) is 5.32 Å². The molecule has 0 unspecified atom stereocenters. The summed E-state index contributed by atoms with van der Waals surface area (Å²) >= 11 is 0. The second kappa shape index (κ2) is 3.56. The summed E-state index contributed by atoms with van der Waals surface area (Å²) in [5.41, 5.74) is 1.81. The smallest absolute Gasteiger partial charge is 0.407 e. The summed E-state index contributed by atoms with van der Waals surface area (Å²) in [7, 11) is 0. The predicted octanol–water partition coefficient (Wildman–Crippen LogP) is 2.60. The van der Waals surface area contributed by atoms with E-state index in [4.69, 9.17) is 9.15 Å². The quantitative estimate of drug-likeness (QED) is 0.798. The van der Waals surface area contributed by atoms with Crippen LogP contribution in [-0.4, -0.2) is 12.6 Å². The molecule has 1 saturated heterocycles. The molecule has 0 bridgehead atoms. The van der Waals surface area contributed by atoms with E-state index in [1.165, 1.54) is 0 Å². The molecule has 82 valence electrons. The summed E-state index contributed by atoms with van der Waals surface area (Å²) in [6.07, 6.45) is 1.93. The number of ether oxygens (including phenoxy) is 1. The molecule has 1 N–H and O–H groups in total. The third-order valence-electron chi connectivity index (χ3n) is 2.78. The lowest BCUT2D eigenvalue weighted by molar-refractivity contribution is 0.0739. The van der Waals surface area contributed by atoms with Gasteiger partial charge in [-0.05, 0) is 17.7 Å². The lowest BCUT2D eigenvalue weighted by Gasteiger charge is -2.23. The van der Waals surface area contributed by atoms with Gasteiger partial charge in [-0.15, -0.1) is 0 Å². The molecule has 3 rings (SSSR count). The van der Waals surface area contributed by atoms with E-state index in [9.17, 15) is 4.79 Å². The lowest BCUT2D eigenvalue weighted by Crippen LogP contribution is -2.33. The number of hydrogen-bond acceptors (Lipinski definition) is 3. The van der Waals surface area contributed by atoms with Gasteiger partial charge in [0.15, 0.2) is 0 Å². The minimum atomic E-state index is -0.351. The number of hydrogen-bond donors (Lipinski definition) is 1. The zero-order valence-electron chi connectivity index (χ0n) is 8.60. The first-order valence-electron chi connectivity index (χ1n) is 5.24. The molecule has 4 nitrogen and oxygen atoms in total. The van der Waals surface area contributed by atoms with E-state index < -0.39 is 0 Å². The maximum Gasteiger partial charge on any atom is 0.407 e. The Kier molecular flexibility index (Phi) is 2.06. The first kappa shape index (κ1) is 9.27. The third kappa shape index (κ3) is 1.52. The van der Waals surface area contributed by atoms with Gasteiger partial charge in [-0.25, -0.2) is 4.79 Å². The Morgan fingerprint density at radius 2 is 2.25 bits per heavy atom. The zero-order valence-corrected chi connectivity index (χ0v) is 8.60. The summed E-state index contributed by atoms with van der Waals surface area (Å²) < 4.78 is 10.5. The van der Waals surface area contributed by atoms with Crippen molar-refractivity contribution >= 4 is 17.1 Å². The number of benzene rings is 1. The summed E-state index contributed by atoms with van der Waals surface area (Å²) in [6.45, 7) is 0.652. The summed E-state index contributed by atoms with van der Waals surface area (Å²) in [4.78, 5) is 11.1. The van der Waals surface area contributed by atoms with Crippen LogP contribution >= 0.6 is 0 Å². The van der Waals surface area contributed by atoms with E-state index in [1.807, 2.05) is 24.3 Å². The minimum absolute atomic E-state index is 0.164. The molecule has 2 heterocycles. The van der Waals surface area contributed by atoms with Crippen molar-refractivity contribution in [1.29, 1.82) is 0 Å². The second-order valence-corrected chi connectivity index (χ2v) is 3.83. The second-order valence-electron chi connectivity index (χ2n) is 3.83. The normalized spacial score (nSPS) is 20.5. The van der Waals surface area contributed by atoms with Crippen molar-refractivity contribution in [3.8, 4) is 0 Å². The number of furan rings is 1. The fourth-order valence-corrected chi connectivity index (χ4v) is 1.94. The SMILES string of the molecule is O=C1NCC[C@H](c2ccc3ccoc3c2)O1. The van der Waals surface area contributed by atoms with Crippen LogP contribution < -0.4 is 5.32 Å². The Morgan fingerprint density at radius 1 is 1.31 bits per heavy atom. The average Bonchev–Trinajstić information content (AvgIpc) is 2.75. The van der Waals surface area contributed by atoms with E-state index >= 15 is 0 Å². The van der Waals surface area contributed by atoms with Crippen molar-refractivity contribution in [2.24, 2.45) is 0 Å². The molecule has 0 spiro atoms. The van der Waals surface area contributed by atoms with Crippen LogP contribution in [0.25, 0.3) is 11.0 Å². The number of alkyl carbamates (subject to hydrolysis) is 1. The van der Waals surface area contributed by atoms with E-state index in [0.717, 1.165) is 23.0 Å². The highest BCUT2D eigenvalue weighted by molar-refractivity contribution is 5.78. The highest BCUT2D eigenvalue weighted by Crippen LogP contribution is 2.27. The van der Waals surface area contributed by atoms with Gasteiger partial charge in [0, 0.05) is 18.4 Å². The maximum absolute atomic E-state index is 11.1. The Bertz CT molecular complexity index is 532. The van der Waals surface area contributed by atoms with Crippen molar-refractivity contribution in [3.63, 3.8) is 0 Å². The highest BCUT2D eigenvalue weighted by atomic mass is 16.6. The molecule has 16 heavy (non-hydrogen) atoms. The van der Waals surface area contributed by atoms with E-state index in [2.05, 4.69) is 5.32 Å². The first-order chi connectivity index (χ1) is 7.83. The highest BCUT2D eigenvalue weighted by Gasteiger charge is 2.21.